The van der Waals surface area contributed by atoms with Gasteiger partial charge in [0.05, 0.1) is 28.5 Å². The summed E-state index contributed by atoms with van der Waals surface area (Å²) in [4.78, 5) is 66.5. The van der Waals surface area contributed by atoms with Crippen molar-refractivity contribution >= 4 is 46.7 Å². The van der Waals surface area contributed by atoms with Crippen molar-refractivity contribution < 1.29 is 28.8 Å². The smallest absolute Gasteiger partial charge is 0.308 e. The highest BCUT2D eigenvalue weighted by molar-refractivity contribution is 6.25. The van der Waals surface area contributed by atoms with Gasteiger partial charge in [-0.1, -0.05) is 30.4 Å². The first-order valence-corrected chi connectivity index (χ1v) is 12.3. The summed E-state index contributed by atoms with van der Waals surface area (Å²) in [5.74, 6) is -3.36. The molecule has 3 aromatic carbocycles. The van der Waals surface area contributed by atoms with E-state index in [-0.39, 0.29) is 22.9 Å². The third kappa shape index (κ3) is 3.80. The number of rotatable bonds is 5. The van der Waals surface area contributed by atoms with Crippen LogP contribution in [0.15, 0.2) is 78.9 Å². The first-order valence-electron chi connectivity index (χ1n) is 12.3. The number of hydrogen-bond acceptors (Lipinski definition) is 8. The van der Waals surface area contributed by atoms with Crippen LogP contribution in [0.25, 0.3) is 6.08 Å². The summed E-state index contributed by atoms with van der Waals surface area (Å²) in [6.45, 7) is 1.28. The Hall–Kier alpha value is -5.12. The lowest BCUT2D eigenvalue weighted by molar-refractivity contribution is -0.384. The minimum Gasteiger partial charge on any atom is -0.427 e. The number of non-ortho nitro benzene ring substituents is 1. The quantitative estimate of drug-likeness (QED) is 0.123. The molecule has 3 aliphatic heterocycles. The molecule has 4 atom stereocenters. The predicted molar refractivity (Wildman–Crippen MR) is 140 cm³/mol. The zero-order valence-electron chi connectivity index (χ0n) is 20.6. The van der Waals surface area contributed by atoms with Gasteiger partial charge in [-0.3, -0.25) is 29.3 Å². The van der Waals surface area contributed by atoms with E-state index in [0.29, 0.717) is 5.56 Å². The number of fused-ring (bicyclic) bond motifs is 5. The average molecular weight is 524 g/mol. The average Bonchev–Trinajstić information content (AvgIpc) is 3.41. The number of nitrogens with zero attached hydrogens (tertiary/aromatic N) is 3. The molecule has 2 fully saturated rings. The first-order chi connectivity index (χ1) is 18.8. The molecular weight excluding hydrogens is 502 g/mol. The van der Waals surface area contributed by atoms with Gasteiger partial charge in [0.1, 0.15) is 11.8 Å². The molecule has 6 rings (SSSR count). The van der Waals surface area contributed by atoms with Crippen LogP contribution < -0.4 is 14.5 Å². The standard InChI is InChI=1S/C29H21N3O7/c1-16(33)39-21-13-6-18(7-14-21)27(34)26-25-24(23-15-8-17-4-2-3-5-22(17)31(23)26)28(35)30(29(25)36)19-9-11-20(12-10-19)32(37)38/h2-15,23-26H,1H3/t23-,24-,25+,26+/m1/s1. The van der Waals surface area contributed by atoms with Gasteiger partial charge in [0.15, 0.2) is 5.78 Å². The van der Waals surface area contributed by atoms with E-state index in [1.165, 1.54) is 55.5 Å². The maximum Gasteiger partial charge on any atom is 0.308 e. The molecule has 10 nitrogen and oxygen atoms in total. The van der Waals surface area contributed by atoms with Crippen molar-refractivity contribution in [3.63, 3.8) is 0 Å². The Labute approximate surface area is 222 Å². The molecule has 10 heteroatoms. The van der Waals surface area contributed by atoms with E-state index in [0.717, 1.165) is 16.2 Å². The van der Waals surface area contributed by atoms with Crippen molar-refractivity contribution in [2.45, 2.75) is 19.0 Å². The number of benzene rings is 3. The number of imide groups is 1. The van der Waals surface area contributed by atoms with Gasteiger partial charge >= 0.3 is 5.97 Å². The van der Waals surface area contributed by atoms with Gasteiger partial charge in [-0.25, -0.2) is 4.90 Å². The molecule has 194 valence electrons. The number of ether oxygens (including phenoxy) is 1. The SMILES string of the molecule is CC(=O)Oc1ccc(C(=O)[C@@H]2[C@H]3C(=O)N(c4ccc([N+](=O)[O-])cc4)C(=O)[C@@H]3[C@H]3C=Cc4ccccc4N32)cc1. The number of para-hydroxylation sites is 1. The molecule has 0 aliphatic carbocycles. The third-order valence-corrected chi connectivity index (χ3v) is 7.40. The molecule has 39 heavy (non-hydrogen) atoms. The van der Waals surface area contributed by atoms with Gasteiger partial charge in [0.2, 0.25) is 11.8 Å². The van der Waals surface area contributed by atoms with E-state index >= 15 is 0 Å². The summed E-state index contributed by atoms with van der Waals surface area (Å²) >= 11 is 0. The number of anilines is 2. The van der Waals surface area contributed by atoms with E-state index in [4.69, 9.17) is 4.74 Å². The van der Waals surface area contributed by atoms with Crippen LogP contribution in [-0.4, -0.2) is 40.6 Å². The molecule has 3 aliphatic rings. The Kier molecular flexibility index (Phi) is 5.60. The normalized spacial score (nSPS) is 22.8. The molecule has 0 spiro atoms. The van der Waals surface area contributed by atoms with Gasteiger partial charge in [-0.15, -0.1) is 0 Å². The lowest BCUT2D eigenvalue weighted by Gasteiger charge is -2.36. The minimum absolute atomic E-state index is 0.165. The van der Waals surface area contributed by atoms with Crippen molar-refractivity contribution in [1.82, 2.24) is 0 Å². The molecule has 2 saturated heterocycles. The fourth-order valence-corrected chi connectivity index (χ4v) is 5.82. The number of amides is 2. The highest BCUT2D eigenvalue weighted by atomic mass is 16.6. The van der Waals surface area contributed by atoms with Crippen LogP contribution in [0, 0.1) is 22.0 Å². The largest absolute Gasteiger partial charge is 0.427 e. The number of esters is 1. The zero-order valence-corrected chi connectivity index (χ0v) is 20.6. The molecule has 3 heterocycles. The van der Waals surface area contributed by atoms with Crippen LogP contribution in [0.5, 0.6) is 5.75 Å². The van der Waals surface area contributed by atoms with Crippen LogP contribution in [0.2, 0.25) is 0 Å². The monoisotopic (exact) mass is 523 g/mol. The number of carbonyl (C=O) groups is 4. The van der Waals surface area contributed by atoms with Crippen LogP contribution in [-0.2, 0) is 14.4 Å². The molecule has 0 unspecified atom stereocenters. The van der Waals surface area contributed by atoms with Gasteiger partial charge in [-0.2, -0.15) is 0 Å². The Balaban J connectivity index is 1.42. The second-order valence-electron chi connectivity index (χ2n) is 9.58. The Morgan fingerprint density at radius 1 is 0.897 bits per heavy atom. The minimum atomic E-state index is -0.981. The summed E-state index contributed by atoms with van der Waals surface area (Å²) in [6.07, 6.45) is 3.74. The van der Waals surface area contributed by atoms with Crippen LogP contribution >= 0.6 is 0 Å². The number of Topliss-reactive ketones (excluding diaryl/α,β-unsaturated/α-hetero) is 1. The maximum absolute atomic E-state index is 14.1. The van der Waals surface area contributed by atoms with Gasteiger partial charge in [-0.05, 0) is 48.0 Å². The van der Waals surface area contributed by atoms with Crippen LogP contribution in [0.3, 0.4) is 0 Å². The second-order valence-corrected chi connectivity index (χ2v) is 9.58. The van der Waals surface area contributed by atoms with E-state index in [1.54, 1.807) is 0 Å². The lowest BCUT2D eigenvalue weighted by Crippen LogP contribution is -2.48. The number of hydrogen-bond donors (Lipinski definition) is 0. The molecule has 3 aromatic rings. The zero-order chi connectivity index (χ0) is 27.4. The van der Waals surface area contributed by atoms with Crippen LogP contribution in [0.4, 0.5) is 17.1 Å². The molecular formula is C29H21N3O7. The molecule has 0 saturated carbocycles. The van der Waals surface area contributed by atoms with Gasteiger partial charge in [0.25, 0.3) is 5.69 Å². The fraction of sp³-hybridized carbons (Fsp3) is 0.172. The molecule has 0 bridgehead atoms. The molecule has 0 radical (unpaired) electrons. The summed E-state index contributed by atoms with van der Waals surface area (Å²) in [6, 6.07) is 17.2. The van der Waals surface area contributed by atoms with E-state index in [9.17, 15) is 29.3 Å². The topological polar surface area (TPSA) is 127 Å². The summed E-state index contributed by atoms with van der Waals surface area (Å²) in [5, 5.41) is 11.1. The van der Waals surface area contributed by atoms with Gasteiger partial charge in [0, 0.05) is 30.3 Å². The Morgan fingerprint density at radius 2 is 1.56 bits per heavy atom. The summed E-state index contributed by atoms with van der Waals surface area (Å²) < 4.78 is 5.08. The van der Waals surface area contributed by atoms with Crippen molar-refractivity contribution in [3.8, 4) is 5.75 Å². The molecule has 2 amide bonds. The number of carbonyl (C=O) groups excluding carboxylic acids is 4. The lowest BCUT2D eigenvalue weighted by atomic mass is 9.86. The maximum atomic E-state index is 14.1. The third-order valence-electron chi connectivity index (χ3n) is 7.40. The van der Waals surface area contributed by atoms with Crippen molar-refractivity contribution in [1.29, 1.82) is 0 Å². The first kappa shape index (κ1) is 24.2. The van der Waals surface area contributed by atoms with Crippen molar-refractivity contribution in [2.75, 3.05) is 9.80 Å². The second kappa shape index (κ2) is 9.02. The Morgan fingerprint density at radius 3 is 2.23 bits per heavy atom. The van der Waals surface area contributed by atoms with E-state index < -0.39 is 46.6 Å². The number of nitro benzene ring substituents is 1. The van der Waals surface area contributed by atoms with Crippen LogP contribution in [0.1, 0.15) is 22.8 Å². The highest BCUT2D eigenvalue weighted by Gasteiger charge is 2.64. The summed E-state index contributed by atoms with van der Waals surface area (Å²) in [7, 11) is 0. The fourth-order valence-electron chi connectivity index (χ4n) is 5.82. The van der Waals surface area contributed by atoms with Crippen molar-refractivity contribution in [2.24, 2.45) is 11.8 Å². The Bertz CT molecular complexity index is 1580. The predicted octanol–water partition coefficient (Wildman–Crippen LogP) is 3.79. The summed E-state index contributed by atoms with van der Waals surface area (Å²) in [5.41, 5.74) is 1.96. The van der Waals surface area contributed by atoms with Gasteiger partial charge < -0.3 is 9.64 Å². The number of nitro groups is 1. The highest BCUT2D eigenvalue weighted by Crippen LogP contribution is 2.49. The van der Waals surface area contributed by atoms with E-state index in [2.05, 4.69) is 0 Å². The number of ketones is 1. The molecule has 0 aromatic heterocycles. The van der Waals surface area contributed by atoms with Crippen molar-refractivity contribution in [3.05, 3.63) is 100 Å². The van der Waals surface area contributed by atoms with E-state index in [1.807, 2.05) is 41.3 Å². The molecule has 0 N–H and O–H groups in total.